The lowest BCUT2D eigenvalue weighted by Crippen LogP contribution is -2.22. The van der Waals surface area contributed by atoms with E-state index in [1.54, 1.807) is 0 Å². The van der Waals surface area contributed by atoms with Crippen LogP contribution in [0.1, 0.15) is 33.3 Å². The Bertz CT molecular complexity index is 444. The molecule has 1 aromatic carbocycles. The summed E-state index contributed by atoms with van der Waals surface area (Å²) in [5.74, 6) is 1.57. The maximum atomic E-state index is 5.89. The monoisotopic (exact) mass is 297 g/mol. The Balaban J connectivity index is 2.93. The van der Waals surface area contributed by atoms with Crippen LogP contribution in [-0.2, 0) is 6.54 Å². The lowest BCUT2D eigenvalue weighted by Gasteiger charge is -2.17. The Morgan fingerprint density at radius 3 is 2.70 bits per heavy atom. The summed E-state index contributed by atoms with van der Waals surface area (Å²) in [7, 11) is 0. The van der Waals surface area contributed by atoms with Gasteiger partial charge >= 0.3 is 0 Å². The van der Waals surface area contributed by atoms with E-state index in [1.165, 1.54) is 5.54 Å². The molecule has 112 valence electrons. The highest BCUT2D eigenvalue weighted by Gasteiger charge is 2.11. The Labute approximate surface area is 126 Å². The lowest BCUT2D eigenvalue weighted by molar-refractivity contribution is 0.290. The maximum absolute atomic E-state index is 5.89. The largest absolute Gasteiger partial charge is 0.490 e. The molecule has 0 aliphatic carbocycles. The summed E-state index contributed by atoms with van der Waals surface area (Å²) in [6.07, 6.45) is 0. The van der Waals surface area contributed by atoms with Gasteiger partial charge in [-0.3, -0.25) is 0 Å². The highest BCUT2D eigenvalue weighted by Crippen LogP contribution is 2.31. The normalized spacial score (nSPS) is 11.8. The molecule has 0 aliphatic rings. The van der Waals surface area contributed by atoms with E-state index >= 15 is 0 Å². The summed E-state index contributed by atoms with van der Waals surface area (Å²) in [5, 5.41) is 3.40. The number of nitrogens with one attached hydrogen (secondary N) is 1. The van der Waals surface area contributed by atoms with Gasteiger partial charge in [-0.15, -0.1) is 0 Å². The van der Waals surface area contributed by atoms with Gasteiger partial charge in [0.05, 0.1) is 6.61 Å². The van der Waals surface area contributed by atoms with Crippen LogP contribution in [0.2, 0.25) is 0 Å². The molecular weight excluding hydrogens is 274 g/mol. The Morgan fingerprint density at radius 2 is 2.10 bits per heavy atom. The van der Waals surface area contributed by atoms with Crippen LogP contribution in [0.5, 0.6) is 11.5 Å². The van der Waals surface area contributed by atoms with E-state index in [0.29, 0.717) is 19.3 Å². The van der Waals surface area contributed by atoms with E-state index < -0.39 is 0 Å². The van der Waals surface area contributed by atoms with Crippen LogP contribution < -0.4 is 14.8 Å². The first-order valence-corrected chi connectivity index (χ1v) is 7.38. The summed E-state index contributed by atoms with van der Waals surface area (Å²) < 4.78 is 11.5. The summed E-state index contributed by atoms with van der Waals surface area (Å²) in [6, 6.07) is 6.38. The smallest absolute Gasteiger partial charge is 0.166 e. The van der Waals surface area contributed by atoms with E-state index in [0.717, 1.165) is 29.2 Å². The van der Waals surface area contributed by atoms with Gasteiger partial charge < -0.3 is 14.8 Å². The van der Waals surface area contributed by atoms with Gasteiger partial charge in [-0.2, -0.15) is 0 Å². The van der Waals surface area contributed by atoms with Crippen LogP contribution in [0.4, 0.5) is 0 Å². The maximum Gasteiger partial charge on any atom is 0.166 e. The van der Waals surface area contributed by atoms with Crippen LogP contribution in [0.15, 0.2) is 29.3 Å². The van der Waals surface area contributed by atoms with E-state index in [1.807, 2.05) is 32.0 Å². The van der Waals surface area contributed by atoms with Crippen molar-refractivity contribution < 1.29 is 9.47 Å². The molecular formula is C16H24ClNO2. The summed E-state index contributed by atoms with van der Waals surface area (Å²) >= 11 is 5.68. The number of rotatable bonds is 8. The molecule has 0 bridgehead atoms. The Kier molecular flexibility index (Phi) is 7.48. The van der Waals surface area contributed by atoms with Crippen molar-refractivity contribution in [3.05, 3.63) is 34.9 Å². The number of hydrogen-bond acceptors (Lipinski definition) is 3. The van der Waals surface area contributed by atoms with Crippen molar-refractivity contribution in [3.63, 3.8) is 0 Å². The molecule has 3 nitrogen and oxygen atoms in total. The zero-order valence-electron chi connectivity index (χ0n) is 12.7. The van der Waals surface area contributed by atoms with Crippen LogP contribution in [0, 0.1) is 0 Å². The molecule has 4 heteroatoms. The number of para-hydroxylation sites is 1. The molecule has 0 fully saturated rings. The van der Waals surface area contributed by atoms with Crippen molar-refractivity contribution in [2.45, 2.75) is 40.3 Å². The first kappa shape index (κ1) is 16.9. The zero-order chi connectivity index (χ0) is 15.0. The molecule has 1 N–H and O–H groups in total. The van der Waals surface area contributed by atoms with E-state index in [2.05, 4.69) is 19.2 Å². The third-order valence-electron chi connectivity index (χ3n) is 2.69. The molecule has 0 saturated carbocycles. The van der Waals surface area contributed by atoms with Gasteiger partial charge in [0.15, 0.2) is 11.5 Å². The second-order valence-corrected chi connectivity index (χ2v) is 5.18. The fourth-order valence-corrected chi connectivity index (χ4v) is 1.73. The quantitative estimate of drug-likeness (QED) is 0.783. The predicted octanol–water partition coefficient (Wildman–Crippen LogP) is 4.10. The van der Waals surface area contributed by atoms with E-state index in [4.69, 9.17) is 21.1 Å². The zero-order valence-corrected chi connectivity index (χ0v) is 13.5. The van der Waals surface area contributed by atoms with Gasteiger partial charge in [-0.05, 0) is 25.5 Å². The molecule has 1 rings (SSSR count). The van der Waals surface area contributed by atoms with Crippen molar-refractivity contribution in [1.82, 2.24) is 5.32 Å². The van der Waals surface area contributed by atoms with Gasteiger partial charge in [-0.25, -0.2) is 0 Å². The lowest BCUT2D eigenvalue weighted by atomic mass is 10.1. The van der Waals surface area contributed by atoms with Crippen molar-refractivity contribution in [1.29, 1.82) is 0 Å². The van der Waals surface area contributed by atoms with Gasteiger partial charge in [0.2, 0.25) is 0 Å². The van der Waals surface area contributed by atoms with Crippen molar-refractivity contribution in [2.24, 2.45) is 0 Å². The van der Waals surface area contributed by atoms with Crippen LogP contribution in [0.3, 0.4) is 0 Å². The number of benzene rings is 1. The van der Waals surface area contributed by atoms with Crippen molar-refractivity contribution >= 4 is 11.6 Å². The molecule has 1 aromatic rings. The molecule has 0 atom stereocenters. The number of halogens is 1. The second kappa shape index (κ2) is 8.88. The molecule has 0 heterocycles. The van der Waals surface area contributed by atoms with Crippen molar-refractivity contribution in [2.75, 3.05) is 13.2 Å². The Morgan fingerprint density at radius 1 is 1.35 bits per heavy atom. The van der Waals surface area contributed by atoms with Crippen LogP contribution in [0.25, 0.3) is 0 Å². The number of hydrogen-bond donors (Lipinski definition) is 1. The average Bonchev–Trinajstić information content (AvgIpc) is 2.43. The van der Waals surface area contributed by atoms with Gasteiger partial charge in [0.1, 0.15) is 6.61 Å². The summed E-state index contributed by atoms with van der Waals surface area (Å²) in [4.78, 5) is 0. The average molecular weight is 298 g/mol. The van der Waals surface area contributed by atoms with Crippen LogP contribution in [-0.4, -0.2) is 19.3 Å². The Hall–Kier alpha value is -1.19. The standard InChI is InChI=1S/C16H24ClNO2/c1-5-19-15-8-6-7-14(10-18-12(2)3)16(15)20-11-13(4)9-17/h6-9,12,18H,5,10-11H2,1-4H3/b13-9+. The third-order valence-corrected chi connectivity index (χ3v) is 3.06. The van der Waals surface area contributed by atoms with Gasteiger partial charge in [0, 0.05) is 23.7 Å². The van der Waals surface area contributed by atoms with Gasteiger partial charge in [-0.1, -0.05) is 37.6 Å². The van der Waals surface area contributed by atoms with Crippen LogP contribution >= 0.6 is 11.6 Å². The molecule has 0 amide bonds. The number of ether oxygens (including phenoxy) is 2. The third kappa shape index (κ3) is 5.43. The fourth-order valence-electron chi connectivity index (χ4n) is 1.67. The summed E-state index contributed by atoms with van der Waals surface area (Å²) in [5.41, 5.74) is 3.60. The van der Waals surface area contributed by atoms with E-state index in [-0.39, 0.29) is 0 Å². The minimum atomic E-state index is 0.420. The minimum Gasteiger partial charge on any atom is -0.490 e. The molecule has 0 saturated heterocycles. The van der Waals surface area contributed by atoms with Gasteiger partial charge in [0.25, 0.3) is 0 Å². The highest BCUT2D eigenvalue weighted by molar-refractivity contribution is 6.25. The highest BCUT2D eigenvalue weighted by atomic mass is 35.5. The molecule has 0 aliphatic heterocycles. The SMILES string of the molecule is CCOc1cccc(CNC(C)C)c1OC/C(C)=C/Cl. The first-order chi connectivity index (χ1) is 9.58. The van der Waals surface area contributed by atoms with E-state index in [9.17, 15) is 0 Å². The summed E-state index contributed by atoms with van der Waals surface area (Å²) in [6.45, 7) is 9.96. The predicted molar refractivity (Wildman–Crippen MR) is 84.7 cm³/mol. The molecule has 20 heavy (non-hydrogen) atoms. The molecule has 0 radical (unpaired) electrons. The first-order valence-electron chi connectivity index (χ1n) is 6.95. The minimum absolute atomic E-state index is 0.420. The second-order valence-electron chi connectivity index (χ2n) is 4.96. The van der Waals surface area contributed by atoms with Crippen molar-refractivity contribution in [3.8, 4) is 11.5 Å². The fraction of sp³-hybridized carbons (Fsp3) is 0.500. The molecule has 0 aromatic heterocycles. The molecule has 0 unspecified atom stereocenters. The molecule has 0 spiro atoms. The topological polar surface area (TPSA) is 30.5 Å².